The van der Waals surface area contributed by atoms with Gasteiger partial charge in [-0.05, 0) is 33.1 Å². The van der Waals surface area contributed by atoms with Crippen molar-refractivity contribution in [2.75, 3.05) is 6.61 Å². The Labute approximate surface area is 122 Å². The molecule has 0 amide bonds. The molecule has 1 aromatic heterocycles. The van der Waals surface area contributed by atoms with Crippen LogP contribution in [0.2, 0.25) is 0 Å². The molecule has 110 valence electrons. The molecule has 1 rings (SSSR count). The van der Waals surface area contributed by atoms with Crippen molar-refractivity contribution in [1.82, 2.24) is 9.78 Å². The SMILES string of the molecule is CCc1nn(CCOC(C)C)c(CC)c1C(Cl)CC. The molecule has 0 aliphatic rings. The van der Waals surface area contributed by atoms with Crippen molar-refractivity contribution >= 4 is 11.6 Å². The lowest BCUT2D eigenvalue weighted by Gasteiger charge is -2.12. The molecule has 4 heteroatoms. The average molecular weight is 287 g/mol. The molecular formula is C15H27ClN2O. The minimum atomic E-state index is 0.0738. The van der Waals surface area contributed by atoms with Crippen molar-refractivity contribution in [2.45, 2.75) is 71.9 Å². The zero-order valence-electron chi connectivity index (χ0n) is 12.9. The van der Waals surface area contributed by atoms with Crippen molar-refractivity contribution in [3.63, 3.8) is 0 Å². The van der Waals surface area contributed by atoms with Crippen LogP contribution < -0.4 is 0 Å². The summed E-state index contributed by atoms with van der Waals surface area (Å²) in [4.78, 5) is 0. The van der Waals surface area contributed by atoms with Gasteiger partial charge in [0.05, 0.1) is 30.3 Å². The molecule has 1 aromatic rings. The molecule has 0 aliphatic heterocycles. The standard InChI is InChI=1S/C15H27ClN2O/c1-6-12(16)15-13(7-2)17-18(14(15)8-3)9-10-19-11(4)5/h11-12H,6-10H2,1-5H3. The van der Waals surface area contributed by atoms with Gasteiger partial charge >= 0.3 is 0 Å². The van der Waals surface area contributed by atoms with Crippen LogP contribution in [0.4, 0.5) is 0 Å². The number of aromatic nitrogens is 2. The summed E-state index contributed by atoms with van der Waals surface area (Å²) < 4.78 is 7.71. The molecule has 3 nitrogen and oxygen atoms in total. The fourth-order valence-corrected chi connectivity index (χ4v) is 2.58. The number of alkyl halides is 1. The summed E-state index contributed by atoms with van der Waals surface area (Å²) in [5, 5.41) is 4.79. The van der Waals surface area contributed by atoms with E-state index in [-0.39, 0.29) is 11.5 Å². The Kier molecular flexibility index (Phi) is 6.87. The van der Waals surface area contributed by atoms with Gasteiger partial charge in [-0.25, -0.2) is 0 Å². The molecule has 1 heterocycles. The Morgan fingerprint density at radius 3 is 2.37 bits per heavy atom. The Morgan fingerprint density at radius 1 is 1.21 bits per heavy atom. The van der Waals surface area contributed by atoms with E-state index in [1.807, 2.05) is 0 Å². The largest absolute Gasteiger partial charge is 0.377 e. The van der Waals surface area contributed by atoms with E-state index in [0.717, 1.165) is 31.5 Å². The number of hydrogen-bond acceptors (Lipinski definition) is 2. The molecule has 0 bridgehead atoms. The van der Waals surface area contributed by atoms with Gasteiger partial charge in [0.15, 0.2) is 0 Å². The van der Waals surface area contributed by atoms with Crippen molar-refractivity contribution in [3.05, 3.63) is 17.0 Å². The van der Waals surface area contributed by atoms with Crippen LogP contribution in [-0.2, 0) is 24.1 Å². The lowest BCUT2D eigenvalue weighted by molar-refractivity contribution is 0.0705. The van der Waals surface area contributed by atoms with Crippen molar-refractivity contribution in [3.8, 4) is 0 Å². The fraction of sp³-hybridized carbons (Fsp3) is 0.800. The van der Waals surface area contributed by atoms with Crippen LogP contribution >= 0.6 is 11.6 Å². The van der Waals surface area contributed by atoms with Gasteiger partial charge in [0.1, 0.15) is 0 Å². The minimum absolute atomic E-state index is 0.0738. The first kappa shape index (κ1) is 16.5. The summed E-state index contributed by atoms with van der Waals surface area (Å²) in [5.74, 6) is 0. The number of hydrogen-bond donors (Lipinski definition) is 0. The molecule has 0 spiro atoms. The zero-order chi connectivity index (χ0) is 14.4. The van der Waals surface area contributed by atoms with Gasteiger partial charge in [-0.15, -0.1) is 11.6 Å². The van der Waals surface area contributed by atoms with E-state index in [0.29, 0.717) is 6.61 Å². The van der Waals surface area contributed by atoms with E-state index in [1.165, 1.54) is 11.3 Å². The number of rotatable bonds is 8. The molecule has 0 saturated carbocycles. The minimum Gasteiger partial charge on any atom is -0.377 e. The van der Waals surface area contributed by atoms with Crippen molar-refractivity contribution in [2.24, 2.45) is 0 Å². The van der Waals surface area contributed by atoms with Gasteiger partial charge in [-0.1, -0.05) is 20.8 Å². The first-order valence-corrected chi connectivity index (χ1v) is 7.82. The highest BCUT2D eigenvalue weighted by atomic mass is 35.5. The van der Waals surface area contributed by atoms with E-state index < -0.39 is 0 Å². The van der Waals surface area contributed by atoms with Crippen molar-refractivity contribution < 1.29 is 4.74 Å². The van der Waals surface area contributed by atoms with Crippen molar-refractivity contribution in [1.29, 1.82) is 0 Å². The summed E-state index contributed by atoms with van der Waals surface area (Å²) in [6.07, 6.45) is 3.11. The molecule has 0 radical (unpaired) electrons. The molecule has 1 atom stereocenters. The highest BCUT2D eigenvalue weighted by molar-refractivity contribution is 6.20. The Balaban J connectivity index is 2.95. The summed E-state index contributed by atoms with van der Waals surface area (Å²) in [6.45, 7) is 12.0. The fourth-order valence-electron chi connectivity index (χ4n) is 2.33. The van der Waals surface area contributed by atoms with Crippen LogP contribution in [0.3, 0.4) is 0 Å². The summed E-state index contributed by atoms with van der Waals surface area (Å²) in [6, 6.07) is 0. The molecule has 1 unspecified atom stereocenters. The molecule has 0 aliphatic carbocycles. The van der Waals surface area contributed by atoms with Crippen LogP contribution in [0, 0.1) is 0 Å². The van der Waals surface area contributed by atoms with Gasteiger partial charge in [0, 0.05) is 11.3 Å². The topological polar surface area (TPSA) is 27.1 Å². The van der Waals surface area contributed by atoms with Gasteiger partial charge < -0.3 is 4.74 Å². The van der Waals surface area contributed by atoms with Crippen LogP contribution in [0.5, 0.6) is 0 Å². The Hall–Kier alpha value is -0.540. The monoisotopic (exact) mass is 286 g/mol. The highest BCUT2D eigenvalue weighted by Gasteiger charge is 2.20. The number of ether oxygens (including phenoxy) is 1. The van der Waals surface area contributed by atoms with E-state index in [4.69, 9.17) is 21.4 Å². The zero-order valence-corrected chi connectivity index (χ0v) is 13.6. The molecular weight excluding hydrogens is 260 g/mol. The predicted octanol–water partition coefficient (Wildman–Crippen LogP) is 4.12. The normalized spacial score (nSPS) is 13.2. The second-order valence-electron chi connectivity index (χ2n) is 5.03. The average Bonchev–Trinajstić information content (AvgIpc) is 2.75. The molecule has 0 fully saturated rings. The second-order valence-corrected chi connectivity index (χ2v) is 5.56. The molecule has 0 saturated heterocycles. The van der Waals surface area contributed by atoms with Gasteiger partial charge in [-0.2, -0.15) is 5.10 Å². The Morgan fingerprint density at radius 2 is 1.89 bits per heavy atom. The summed E-state index contributed by atoms with van der Waals surface area (Å²) in [7, 11) is 0. The number of halogens is 1. The summed E-state index contributed by atoms with van der Waals surface area (Å²) in [5.41, 5.74) is 3.66. The third-order valence-corrected chi connectivity index (χ3v) is 3.80. The van der Waals surface area contributed by atoms with E-state index >= 15 is 0 Å². The maximum atomic E-state index is 6.47. The quantitative estimate of drug-likeness (QED) is 0.672. The lowest BCUT2D eigenvalue weighted by Crippen LogP contribution is -2.13. The van der Waals surface area contributed by atoms with E-state index in [2.05, 4.69) is 39.3 Å². The predicted molar refractivity (Wildman–Crippen MR) is 81.0 cm³/mol. The smallest absolute Gasteiger partial charge is 0.0671 e. The van der Waals surface area contributed by atoms with Gasteiger partial charge in [0.2, 0.25) is 0 Å². The van der Waals surface area contributed by atoms with Crippen LogP contribution in [0.1, 0.15) is 63.4 Å². The maximum Gasteiger partial charge on any atom is 0.0671 e. The van der Waals surface area contributed by atoms with Crippen LogP contribution in [0.25, 0.3) is 0 Å². The van der Waals surface area contributed by atoms with E-state index in [1.54, 1.807) is 0 Å². The molecule has 19 heavy (non-hydrogen) atoms. The van der Waals surface area contributed by atoms with Crippen LogP contribution in [0.15, 0.2) is 0 Å². The first-order chi connectivity index (χ1) is 9.04. The van der Waals surface area contributed by atoms with Crippen LogP contribution in [-0.4, -0.2) is 22.5 Å². The third kappa shape index (κ3) is 4.22. The third-order valence-electron chi connectivity index (χ3n) is 3.27. The Bertz CT molecular complexity index is 388. The molecule has 0 aromatic carbocycles. The number of aryl methyl sites for hydroxylation is 1. The summed E-state index contributed by atoms with van der Waals surface area (Å²) >= 11 is 6.47. The van der Waals surface area contributed by atoms with E-state index in [9.17, 15) is 0 Å². The maximum absolute atomic E-state index is 6.47. The van der Waals surface area contributed by atoms with Gasteiger partial charge in [0.25, 0.3) is 0 Å². The first-order valence-electron chi connectivity index (χ1n) is 7.39. The van der Waals surface area contributed by atoms with Gasteiger partial charge in [-0.3, -0.25) is 4.68 Å². The number of nitrogens with zero attached hydrogens (tertiary/aromatic N) is 2. The molecule has 0 N–H and O–H groups in total. The second kappa shape index (κ2) is 7.91. The lowest BCUT2D eigenvalue weighted by atomic mass is 10.0. The highest BCUT2D eigenvalue weighted by Crippen LogP contribution is 2.31.